The van der Waals surface area contributed by atoms with Gasteiger partial charge in [-0.1, -0.05) is 42.5 Å². The molecule has 3 aromatic rings. The zero-order valence-electron chi connectivity index (χ0n) is 20.5. The average molecular weight is 512 g/mol. The molecule has 1 aliphatic rings. The maximum Gasteiger partial charge on any atom is 0.404 e. The summed E-state index contributed by atoms with van der Waals surface area (Å²) < 4.78 is 42.0. The number of H-pyrrole nitrogens is 1. The Morgan fingerprint density at radius 3 is 2.46 bits per heavy atom. The lowest BCUT2D eigenvalue weighted by Gasteiger charge is -2.20. The smallest absolute Gasteiger partial charge is 0.323 e. The zero-order valence-corrected chi connectivity index (χ0v) is 20.5. The van der Waals surface area contributed by atoms with Gasteiger partial charge in [0.15, 0.2) is 11.7 Å². The number of carbonyl (C=O) groups excluding carboxylic acids is 2. The van der Waals surface area contributed by atoms with Crippen molar-refractivity contribution >= 4 is 23.3 Å². The molecule has 0 unspecified atom stereocenters. The fourth-order valence-electron chi connectivity index (χ4n) is 3.89. The predicted molar refractivity (Wildman–Crippen MR) is 136 cm³/mol. The lowest BCUT2D eigenvalue weighted by atomic mass is 9.93. The topological polar surface area (TPSA) is 90.1 Å². The van der Waals surface area contributed by atoms with Gasteiger partial charge in [0.1, 0.15) is 0 Å². The van der Waals surface area contributed by atoms with Crippen molar-refractivity contribution in [2.24, 2.45) is 0 Å². The van der Waals surface area contributed by atoms with Gasteiger partial charge < -0.3 is 15.5 Å². The third-order valence-corrected chi connectivity index (χ3v) is 5.90. The van der Waals surface area contributed by atoms with Crippen LogP contribution in [0.4, 0.5) is 24.7 Å². The quantitative estimate of drug-likeness (QED) is 0.341. The number of nitrogens with one attached hydrogen (secondary N) is 3. The van der Waals surface area contributed by atoms with Crippen molar-refractivity contribution in [2.45, 2.75) is 30.9 Å². The number of amides is 2. The molecule has 1 fully saturated rings. The van der Waals surface area contributed by atoms with Crippen LogP contribution in [0.3, 0.4) is 0 Å². The molecule has 0 aliphatic heterocycles. The molecule has 0 spiro atoms. The lowest BCUT2D eigenvalue weighted by Crippen LogP contribution is -2.33. The molecular weight excluding hydrogens is 483 g/mol. The number of carbonyl (C=O) groups is 2. The fraction of sp³-hybridized carbons (Fsp3) is 0.296. The van der Waals surface area contributed by atoms with Gasteiger partial charge in [-0.15, -0.1) is 0 Å². The monoisotopic (exact) mass is 511 g/mol. The Morgan fingerprint density at radius 1 is 1.08 bits per heavy atom. The Balaban J connectivity index is 1.48. The zero-order chi connectivity index (χ0) is 26.6. The van der Waals surface area contributed by atoms with E-state index in [9.17, 15) is 22.8 Å². The molecule has 7 nitrogen and oxygen atoms in total. The molecule has 194 valence electrons. The number of alkyl halides is 3. The summed E-state index contributed by atoms with van der Waals surface area (Å²) >= 11 is 0. The minimum Gasteiger partial charge on any atom is -0.323 e. The molecule has 1 atom stereocenters. The minimum atomic E-state index is -4.80. The van der Waals surface area contributed by atoms with Crippen molar-refractivity contribution < 1.29 is 22.8 Å². The van der Waals surface area contributed by atoms with Crippen molar-refractivity contribution in [3.63, 3.8) is 0 Å². The van der Waals surface area contributed by atoms with E-state index < -0.39 is 18.0 Å². The van der Waals surface area contributed by atoms with Gasteiger partial charge >= 0.3 is 6.18 Å². The number of anilines is 2. The van der Waals surface area contributed by atoms with Crippen LogP contribution in [0.5, 0.6) is 0 Å². The van der Waals surface area contributed by atoms with Crippen molar-refractivity contribution in [2.75, 3.05) is 31.3 Å². The van der Waals surface area contributed by atoms with Gasteiger partial charge in [0.05, 0.1) is 0 Å². The van der Waals surface area contributed by atoms with Crippen LogP contribution in [0.2, 0.25) is 0 Å². The number of halogens is 3. The average Bonchev–Trinajstić information content (AvgIpc) is 3.57. The molecule has 1 aliphatic carbocycles. The second-order valence-corrected chi connectivity index (χ2v) is 9.30. The van der Waals surface area contributed by atoms with E-state index in [1.165, 1.54) is 24.3 Å². The van der Waals surface area contributed by atoms with Gasteiger partial charge in [-0.25, -0.2) is 0 Å². The number of hydrogen-bond acceptors (Lipinski definition) is 4. The van der Waals surface area contributed by atoms with E-state index >= 15 is 0 Å². The number of likely N-dealkylation sites (N-methyl/N-ethyl adjacent to an activating group) is 1. The van der Waals surface area contributed by atoms with Crippen LogP contribution in [0, 0.1) is 0 Å². The Morgan fingerprint density at radius 2 is 1.81 bits per heavy atom. The first kappa shape index (κ1) is 26.2. The van der Waals surface area contributed by atoms with Gasteiger partial charge in [0.2, 0.25) is 11.8 Å². The molecule has 0 radical (unpaired) electrons. The molecule has 4 rings (SSSR count). The Bertz CT molecular complexity index is 1280. The van der Waals surface area contributed by atoms with E-state index in [0.29, 0.717) is 29.3 Å². The molecule has 1 heterocycles. The highest BCUT2D eigenvalue weighted by Crippen LogP contribution is 2.40. The summed E-state index contributed by atoms with van der Waals surface area (Å²) in [7, 11) is 3.78. The Labute approximate surface area is 212 Å². The number of aromatic amines is 1. The van der Waals surface area contributed by atoms with Gasteiger partial charge in [-0.05, 0) is 55.8 Å². The molecule has 0 bridgehead atoms. The summed E-state index contributed by atoms with van der Waals surface area (Å²) in [5.74, 6) is -3.43. The lowest BCUT2D eigenvalue weighted by molar-refractivity contribution is -0.161. The largest absolute Gasteiger partial charge is 0.404 e. The van der Waals surface area contributed by atoms with E-state index in [1.807, 2.05) is 19.0 Å². The molecule has 2 amide bonds. The molecule has 10 heteroatoms. The third-order valence-electron chi connectivity index (χ3n) is 5.90. The van der Waals surface area contributed by atoms with Crippen LogP contribution < -0.4 is 10.6 Å². The van der Waals surface area contributed by atoms with E-state index in [2.05, 4.69) is 20.8 Å². The summed E-state index contributed by atoms with van der Waals surface area (Å²) in [6.45, 7) is 0.628. The van der Waals surface area contributed by atoms with Crippen LogP contribution in [-0.4, -0.2) is 53.7 Å². The van der Waals surface area contributed by atoms with Gasteiger partial charge in [0.25, 0.3) is 0 Å². The fourth-order valence-corrected chi connectivity index (χ4v) is 3.89. The predicted octanol–water partition coefficient (Wildman–Crippen LogP) is 5.30. The first-order valence-corrected chi connectivity index (χ1v) is 11.9. The number of rotatable bonds is 9. The Kier molecular flexibility index (Phi) is 7.77. The van der Waals surface area contributed by atoms with Crippen LogP contribution in [0.25, 0.3) is 11.1 Å². The van der Waals surface area contributed by atoms with Crippen molar-refractivity contribution in [1.29, 1.82) is 0 Å². The highest BCUT2D eigenvalue weighted by atomic mass is 19.4. The van der Waals surface area contributed by atoms with Crippen LogP contribution >= 0.6 is 0 Å². The van der Waals surface area contributed by atoms with Crippen molar-refractivity contribution in [3.8, 4) is 11.1 Å². The molecule has 2 aromatic carbocycles. The molecule has 1 aromatic heterocycles. The first-order valence-electron chi connectivity index (χ1n) is 11.9. The normalized spacial score (nSPS) is 14.6. The third kappa shape index (κ3) is 7.07. The van der Waals surface area contributed by atoms with Gasteiger partial charge in [-0.3, -0.25) is 14.7 Å². The van der Waals surface area contributed by atoms with E-state index in [1.54, 1.807) is 42.5 Å². The van der Waals surface area contributed by atoms with Crippen LogP contribution in [-0.2, 0) is 9.59 Å². The number of benzene rings is 2. The first-order chi connectivity index (χ1) is 17.6. The van der Waals surface area contributed by atoms with E-state index in [4.69, 9.17) is 0 Å². The number of hydrogen-bond donors (Lipinski definition) is 3. The summed E-state index contributed by atoms with van der Waals surface area (Å²) in [5, 5.41) is 11.8. The highest BCUT2D eigenvalue weighted by Gasteiger charge is 2.46. The highest BCUT2D eigenvalue weighted by molar-refractivity contribution is 5.99. The molecule has 37 heavy (non-hydrogen) atoms. The van der Waals surface area contributed by atoms with Crippen molar-refractivity contribution in [3.05, 3.63) is 78.0 Å². The summed E-state index contributed by atoms with van der Waals surface area (Å²) in [4.78, 5) is 26.7. The van der Waals surface area contributed by atoms with Gasteiger partial charge in [0, 0.05) is 36.0 Å². The molecule has 3 N–H and O–H groups in total. The molecule has 0 saturated heterocycles. The van der Waals surface area contributed by atoms with Crippen LogP contribution in [0.1, 0.15) is 35.9 Å². The summed E-state index contributed by atoms with van der Waals surface area (Å²) in [6, 6.07) is 14.1. The molecule has 1 saturated carbocycles. The maximum atomic E-state index is 14.0. The number of nitrogens with zero attached hydrogens (tertiary/aromatic N) is 2. The second kappa shape index (κ2) is 11.0. The second-order valence-electron chi connectivity index (χ2n) is 9.30. The maximum absolute atomic E-state index is 14.0. The van der Waals surface area contributed by atoms with Crippen LogP contribution in [0.15, 0.2) is 66.7 Å². The minimum absolute atomic E-state index is 0.0755. The van der Waals surface area contributed by atoms with Gasteiger partial charge in [-0.2, -0.15) is 18.3 Å². The SMILES string of the molecule is CN(C)C/C=C/C(=O)Nc1ccc(-c2cccc([C@H](C(=O)Nc3cc(C4CC4)[nH]n3)C(F)(F)F)c2)cc1. The molecular formula is C27H28F3N5O2. The number of aromatic nitrogens is 2. The van der Waals surface area contributed by atoms with E-state index in [0.717, 1.165) is 18.5 Å². The standard InChI is InChI=1S/C27H28F3N5O2/c1-35(2)14-4-7-24(36)31-21-12-10-17(11-13-21)19-5-3-6-20(15-19)25(27(28,29)30)26(37)32-23-16-22(33-34-23)18-8-9-18/h3-7,10-13,15-16,18,25H,8-9,14H2,1-2H3,(H,31,36)(H2,32,33,34,37)/b7-4+/t25-/m1/s1. The van der Waals surface area contributed by atoms with E-state index in [-0.39, 0.29) is 17.3 Å². The Hall–Kier alpha value is -3.92. The summed E-state index contributed by atoms with van der Waals surface area (Å²) in [5.41, 5.74) is 2.34. The summed E-state index contributed by atoms with van der Waals surface area (Å²) in [6.07, 6.45) is 0.367. The van der Waals surface area contributed by atoms with Crippen molar-refractivity contribution in [1.82, 2.24) is 15.1 Å².